The maximum atomic E-state index is 12.3. The minimum atomic E-state index is -0.863. The van der Waals surface area contributed by atoms with Crippen LogP contribution in [0.1, 0.15) is 46.5 Å². The number of aliphatic carboxylic acids is 1. The van der Waals surface area contributed by atoms with Gasteiger partial charge in [-0.15, -0.1) is 0 Å². The van der Waals surface area contributed by atoms with E-state index in [-0.39, 0.29) is 24.3 Å². The van der Waals surface area contributed by atoms with Crippen LogP contribution in [0.4, 0.5) is 0 Å². The number of rotatable bonds is 5. The molecule has 0 aromatic heterocycles. The zero-order valence-corrected chi connectivity index (χ0v) is 12.4. The van der Waals surface area contributed by atoms with Crippen LogP contribution in [0, 0.1) is 5.41 Å². The van der Waals surface area contributed by atoms with Gasteiger partial charge in [-0.1, -0.05) is 13.8 Å². The van der Waals surface area contributed by atoms with E-state index in [0.29, 0.717) is 6.54 Å². The maximum absolute atomic E-state index is 12.3. The minimum Gasteiger partial charge on any atom is -0.481 e. The van der Waals surface area contributed by atoms with Crippen LogP contribution in [0.3, 0.4) is 0 Å². The first-order chi connectivity index (χ1) is 8.67. The van der Waals surface area contributed by atoms with Gasteiger partial charge in [0.15, 0.2) is 0 Å². The van der Waals surface area contributed by atoms with Crippen LogP contribution in [0.25, 0.3) is 0 Å². The van der Waals surface area contributed by atoms with Crippen molar-refractivity contribution in [1.82, 2.24) is 4.90 Å². The Bertz CT molecular complexity index is 353. The predicted molar refractivity (Wildman–Crippen MR) is 71.9 cm³/mol. The normalized spacial score (nSPS) is 24.3. The van der Waals surface area contributed by atoms with Crippen molar-refractivity contribution in [2.75, 3.05) is 20.2 Å². The van der Waals surface area contributed by atoms with Crippen LogP contribution >= 0.6 is 0 Å². The molecule has 0 aliphatic carbocycles. The van der Waals surface area contributed by atoms with Gasteiger partial charge in [-0.3, -0.25) is 9.59 Å². The van der Waals surface area contributed by atoms with Crippen molar-refractivity contribution < 1.29 is 19.4 Å². The molecule has 5 heteroatoms. The number of hydrogen-bond acceptors (Lipinski definition) is 3. The molecule has 1 aliphatic rings. The molecule has 19 heavy (non-hydrogen) atoms. The molecule has 5 nitrogen and oxygen atoms in total. The highest BCUT2D eigenvalue weighted by Gasteiger charge is 2.35. The molecule has 0 saturated carbocycles. The zero-order chi connectivity index (χ0) is 14.7. The van der Waals surface area contributed by atoms with Crippen LogP contribution in [-0.2, 0) is 14.3 Å². The van der Waals surface area contributed by atoms with Crippen LogP contribution in [0.5, 0.6) is 0 Å². The standard InChI is InChI=1S/C14H25NO4/c1-13(2,9-12(17)18)8-11(16)15-7-5-6-14(3,10-15)19-4/h5-10H2,1-4H3,(H,17,18). The Balaban J connectivity index is 2.60. The second-order valence-electron chi connectivity index (χ2n) is 6.48. The van der Waals surface area contributed by atoms with Crippen LogP contribution in [0.15, 0.2) is 0 Å². The molecule has 0 aromatic carbocycles. The fourth-order valence-electron chi connectivity index (χ4n) is 2.58. The van der Waals surface area contributed by atoms with E-state index in [2.05, 4.69) is 0 Å². The van der Waals surface area contributed by atoms with Gasteiger partial charge in [0.05, 0.1) is 12.0 Å². The Kier molecular flexibility index (Phi) is 4.96. The number of carboxylic acid groups (broad SMARTS) is 1. The third-order valence-corrected chi connectivity index (χ3v) is 3.76. The highest BCUT2D eigenvalue weighted by atomic mass is 16.5. The van der Waals surface area contributed by atoms with E-state index in [4.69, 9.17) is 9.84 Å². The molecule has 0 spiro atoms. The van der Waals surface area contributed by atoms with Gasteiger partial charge in [0.25, 0.3) is 0 Å². The lowest BCUT2D eigenvalue weighted by Gasteiger charge is -2.40. The molecular formula is C14H25NO4. The van der Waals surface area contributed by atoms with E-state index in [1.165, 1.54) is 0 Å². The SMILES string of the molecule is COC1(C)CCCN(C(=O)CC(C)(C)CC(=O)O)C1. The molecule has 1 rings (SSSR count). The summed E-state index contributed by atoms with van der Waals surface area (Å²) in [4.78, 5) is 24.9. The maximum Gasteiger partial charge on any atom is 0.303 e. The van der Waals surface area contributed by atoms with Gasteiger partial charge in [-0.05, 0) is 25.2 Å². The summed E-state index contributed by atoms with van der Waals surface area (Å²) in [6.07, 6.45) is 2.15. The van der Waals surface area contributed by atoms with Gasteiger partial charge in [0, 0.05) is 26.6 Å². The first kappa shape index (κ1) is 16.0. The summed E-state index contributed by atoms with van der Waals surface area (Å²) in [5.74, 6) is -0.840. The Morgan fingerprint density at radius 1 is 1.37 bits per heavy atom. The molecule has 1 atom stereocenters. The molecule has 1 saturated heterocycles. The summed E-state index contributed by atoms with van der Waals surface area (Å²) in [5, 5.41) is 8.85. The third kappa shape index (κ3) is 4.82. The van der Waals surface area contributed by atoms with Crippen molar-refractivity contribution in [3.05, 3.63) is 0 Å². The largest absolute Gasteiger partial charge is 0.481 e. The average Bonchev–Trinajstić information content (AvgIpc) is 2.26. The number of carbonyl (C=O) groups excluding carboxylic acids is 1. The van der Waals surface area contributed by atoms with Gasteiger partial charge in [-0.2, -0.15) is 0 Å². The topological polar surface area (TPSA) is 66.8 Å². The Morgan fingerprint density at radius 3 is 2.53 bits per heavy atom. The summed E-state index contributed by atoms with van der Waals surface area (Å²) >= 11 is 0. The summed E-state index contributed by atoms with van der Waals surface area (Å²) in [5.41, 5.74) is -0.783. The lowest BCUT2D eigenvalue weighted by Crippen LogP contribution is -2.50. The lowest BCUT2D eigenvalue weighted by molar-refractivity contribution is -0.144. The highest BCUT2D eigenvalue weighted by Crippen LogP contribution is 2.29. The van der Waals surface area contributed by atoms with E-state index in [9.17, 15) is 9.59 Å². The number of nitrogens with zero attached hydrogens (tertiary/aromatic N) is 1. The molecule has 0 aromatic rings. The van der Waals surface area contributed by atoms with E-state index >= 15 is 0 Å². The summed E-state index contributed by atoms with van der Waals surface area (Å²) in [7, 11) is 1.67. The highest BCUT2D eigenvalue weighted by molar-refractivity contribution is 5.78. The molecule has 1 unspecified atom stereocenters. The molecule has 0 bridgehead atoms. The van der Waals surface area contributed by atoms with Crippen molar-refractivity contribution in [1.29, 1.82) is 0 Å². The lowest BCUT2D eigenvalue weighted by atomic mass is 9.84. The predicted octanol–water partition coefficient (Wildman–Crippen LogP) is 1.90. The number of hydrogen-bond donors (Lipinski definition) is 1. The van der Waals surface area contributed by atoms with Crippen molar-refractivity contribution in [2.45, 2.75) is 52.1 Å². The van der Waals surface area contributed by atoms with Crippen molar-refractivity contribution in [2.24, 2.45) is 5.41 Å². The van der Waals surface area contributed by atoms with E-state index in [1.54, 1.807) is 12.0 Å². The number of methoxy groups -OCH3 is 1. The quantitative estimate of drug-likeness (QED) is 0.829. The number of ether oxygens (including phenoxy) is 1. The second kappa shape index (κ2) is 5.90. The van der Waals surface area contributed by atoms with E-state index in [0.717, 1.165) is 19.4 Å². The molecule has 1 aliphatic heterocycles. The van der Waals surface area contributed by atoms with Gasteiger partial charge in [-0.25, -0.2) is 0 Å². The van der Waals surface area contributed by atoms with Gasteiger partial charge >= 0.3 is 5.97 Å². The monoisotopic (exact) mass is 271 g/mol. The summed E-state index contributed by atoms with van der Waals surface area (Å²) < 4.78 is 5.47. The fourth-order valence-corrected chi connectivity index (χ4v) is 2.58. The summed E-state index contributed by atoms with van der Waals surface area (Å²) in [6.45, 7) is 6.97. The van der Waals surface area contributed by atoms with Crippen molar-refractivity contribution in [3.8, 4) is 0 Å². The summed E-state index contributed by atoms with van der Waals surface area (Å²) in [6, 6.07) is 0. The number of carboxylic acids is 1. The molecule has 1 amide bonds. The van der Waals surface area contributed by atoms with E-state index < -0.39 is 11.4 Å². The Labute approximate surface area is 114 Å². The smallest absolute Gasteiger partial charge is 0.303 e. The molecule has 1 fully saturated rings. The molecule has 1 N–H and O–H groups in total. The van der Waals surface area contributed by atoms with Crippen LogP contribution in [-0.4, -0.2) is 47.7 Å². The van der Waals surface area contributed by atoms with Gasteiger partial charge in [0.2, 0.25) is 5.91 Å². The third-order valence-electron chi connectivity index (χ3n) is 3.76. The minimum absolute atomic E-state index is 0.00806. The molecule has 110 valence electrons. The Hall–Kier alpha value is -1.10. The molecular weight excluding hydrogens is 246 g/mol. The van der Waals surface area contributed by atoms with Crippen molar-refractivity contribution in [3.63, 3.8) is 0 Å². The van der Waals surface area contributed by atoms with Crippen molar-refractivity contribution >= 4 is 11.9 Å². The molecule has 1 heterocycles. The number of piperidine rings is 1. The zero-order valence-electron chi connectivity index (χ0n) is 12.4. The van der Waals surface area contributed by atoms with E-state index in [1.807, 2.05) is 20.8 Å². The fraction of sp³-hybridized carbons (Fsp3) is 0.857. The Morgan fingerprint density at radius 2 is 2.00 bits per heavy atom. The van der Waals surface area contributed by atoms with Gasteiger partial charge < -0.3 is 14.7 Å². The number of amides is 1. The first-order valence-corrected chi connectivity index (χ1v) is 6.72. The number of likely N-dealkylation sites (tertiary alicyclic amines) is 1. The van der Waals surface area contributed by atoms with Gasteiger partial charge in [0.1, 0.15) is 0 Å². The second-order valence-corrected chi connectivity index (χ2v) is 6.48. The molecule has 0 radical (unpaired) electrons. The van der Waals surface area contributed by atoms with Crippen LogP contribution in [0.2, 0.25) is 0 Å². The number of carbonyl (C=O) groups is 2. The van der Waals surface area contributed by atoms with Crippen LogP contribution < -0.4 is 0 Å². The first-order valence-electron chi connectivity index (χ1n) is 6.72. The average molecular weight is 271 g/mol.